The normalized spacial score (nSPS) is 18.7. The Morgan fingerprint density at radius 1 is 1.28 bits per heavy atom. The maximum absolute atomic E-state index is 12.8. The van der Waals surface area contributed by atoms with Crippen LogP contribution < -0.4 is 0 Å². The Kier molecular flexibility index (Phi) is 3.69. The number of carbonyl (C=O) groups excluding carboxylic acids is 1. The smallest absolute Gasteiger partial charge is 0.253 e. The van der Waals surface area contributed by atoms with E-state index in [-0.39, 0.29) is 11.7 Å². The van der Waals surface area contributed by atoms with Crippen LogP contribution in [0.3, 0.4) is 0 Å². The van der Waals surface area contributed by atoms with Gasteiger partial charge in [0.25, 0.3) is 5.91 Å². The van der Waals surface area contributed by atoms with Crippen LogP contribution in [-0.4, -0.2) is 23.9 Å². The third-order valence-corrected chi connectivity index (χ3v) is 4.20. The number of piperidine rings is 1. The Balaban J connectivity index is 2.01. The van der Waals surface area contributed by atoms with Crippen LogP contribution in [0, 0.1) is 11.2 Å². The van der Waals surface area contributed by atoms with Crippen LogP contribution in [0.5, 0.6) is 0 Å². The molecule has 1 amide bonds. The second-order valence-electron chi connectivity index (χ2n) is 5.46. The molecular weight excluding hydrogens is 229 g/mol. The summed E-state index contributed by atoms with van der Waals surface area (Å²) in [5.74, 6) is -0.281. The average Bonchev–Trinajstić information content (AvgIpc) is 2.40. The van der Waals surface area contributed by atoms with Gasteiger partial charge in [-0.1, -0.05) is 20.3 Å². The molecule has 1 aromatic rings. The van der Waals surface area contributed by atoms with Crippen LogP contribution in [0.1, 0.15) is 43.5 Å². The highest BCUT2D eigenvalue weighted by Crippen LogP contribution is 2.34. The van der Waals surface area contributed by atoms with Gasteiger partial charge in [-0.2, -0.15) is 0 Å². The first kappa shape index (κ1) is 13.1. The van der Waals surface area contributed by atoms with Gasteiger partial charge >= 0.3 is 0 Å². The van der Waals surface area contributed by atoms with Crippen LogP contribution in [0.2, 0.25) is 0 Å². The molecule has 0 radical (unpaired) electrons. The lowest BCUT2D eigenvalue weighted by Crippen LogP contribution is -2.41. The molecule has 98 valence electrons. The van der Waals surface area contributed by atoms with E-state index in [0.29, 0.717) is 11.0 Å². The Hall–Kier alpha value is -1.38. The van der Waals surface area contributed by atoms with Crippen molar-refractivity contribution in [3.63, 3.8) is 0 Å². The Morgan fingerprint density at radius 3 is 2.33 bits per heavy atom. The van der Waals surface area contributed by atoms with E-state index in [2.05, 4.69) is 13.8 Å². The second-order valence-corrected chi connectivity index (χ2v) is 5.46. The van der Waals surface area contributed by atoms with Crippen LogP contribution >= 0.6 is 0 Å². The first-order valence-corrected chi connectivity index (χ1v) is 6.59. The topological polar surface area (TPSA) is 20.3 Å². The van der Waals surface area contributed by atoms with Crippen molar-refractivity contribution in [3.05, 3.63) is 35.6 Å². The number of nitrogens with zero attached hydrogens (tertiary/aromatic N) is 1. The fourth-order valence-corrected chi connectivity index (χ4v) is 2.38. The minimum atomic E-state index is -0.302. The summed E-state index contributed by atoms with van der Waals surface area (Å²) in [6, 6.07) is 5.80. The highest BCUT2D eigenvalue weighted by molar-refractivity contribution is 5.94. The molecule has 1 aliphatic heterocycles. The molecule has 2 rings (SSSR count). The minimum absolute atomic E-state index is 0.0214. The van der Waals surface area contributed by atoms with Gasteiger partial charge in [0.05, 0.1) is 0 Å². The molecule has 0 aliphatic carbocycles. The fraction of sp³-hybridized carbons (Fsp3) is 0.533. The molecule has 0 atom stereocenters. The standard InChI is InChI=1S/C15H20FNO/c1-3-15(2)8-10-17(11-9-15)14(18)12-4-6-13(16)7-5-12/h4-7H,3,8-11H2,1-2H3. The fourth-order valence-electron chi connectivity index (χ4n) is 2.38. The first-order valence-electron chi connectivity index (χ1n) is 6.59. The molecular formula is C15H20FNO. The lowest BCUT2D eigenvalue weighted by atomic mass is 9.78. The zero-order chi connectivity index (χ0) is 13.2. The van der Waals surface area contributed by atoms with E-state index in [1.807, 2.05) is 4.90 Å². The van der Waals surface area contributed by atoms with E-state index < -0.39 is 0 Å². The third-order valence-electron chi connectivity index (χ3n) is 4.20. The zero-order valence-electron chi connectivity index (χ0n) is 11.1. The van der Waals surface area contributed by atoms with Crippen molar-refractivity contribution in [2.24, 2.45) is 5.41 Å². The van der Waals surface area contributed by atoms with Gasteiger partial charge in [0.2, 0.25) is 0 Å². The van der Waals surface area contributed by atoms with Crippen LogP contribution in [-0.2, 0) is 0 Å². The molecule has 3 heteroatoms. The Bertz CT molecular complexity index is 419. The summed E-state index contributed by atoms with van der Waals surface area (Å²) >= 11 is 0. The van der Waals surface area contributed by atoms with E-state index in [9.17, 15) is 9.18 Å². The highest BCUT2D eigenvalue weighted by Gasteiger charge is 2.30. The largest absolute Gasteiger partial charge is 0.339 e. The summed E-state index contributed by atoms with van der Waals surface area (Å²) in [5.41, 5.74) is 0.955. The van der Waals surface area contributed by atoms with Gasteiger partial charge in [0.15, 0.2) is 0 Å². The molecule has 0 spiro atoms. The summed E-state index contributed by atoms with van der Waals surface area (Å²) in [6.45, 7) is 6.10. The highest BCUT2D eigenvalue weighted by atomic mass is 19.1. The molecule has 1 aromatic carbocycles. The summed E-state index contributed by atoms with van der Waals surface area (Å²) < 4.78 is 12.8. The van der Waals surface area contributed by atoms with Crippen molar-refractivity contribution < 1.29 is 9.18 Å². The lowest BCUT2D eigenvalue weighted by molar-refractivity contribution is 0.0600. The van der Waals surface area contributed by atoms with Crippen LogP contribution in [0.25, 0.3) is 0 Å². The number of amides is 1. The van der Waals surface area contributed by atoms with E-state index in [1.165, 1.54) is 12.1 Å². The zero-order valence-corrected chi connectivity index (χ0v) is 11.1. The molecule has 0 aromatic heterocycles. The number of hydrogen-bond donors (Lipinski definition) is 0. The SMILES string of the molecule is CCC1(C)CCN(C(=O)c2ccc(F)cc2)CC1. The number of rotatable bonds is 2. The van der Waals surface area contributed by atoms with Crippen molar-refractivity contribution in [1.82, 2.24) is 4.90 Å². The average molecular weight is 249 g/mol. The van der Waals surface area contributed by atoms with Crippen LogP contribution in [0.4, 0.5) is 4.39 Å². The van der Waals surface area contributed by atoms with Gasteiger partial charge in [-0.15, -0.1) is 0 Å². The van der Waals surface area contributed by atoms with Crippen LogP contribution in [0.15, 0.2) is 24.3 Å². The van der Waals surface area contributed by atoms with Crippen molar-refractivity contribution in [2.45, 2.75) is 33.1 Å². The summed E-state index contributed by atoms with van der Waals surface area (Å²) in [7, 11) is 0. The van der Waals surface area contributed by atoms with Gasteiger partial charge in [0.1, 0.15) is 5.82 Å². The van der Waals surface area contributed by atoms with E-state index in [0.717, 1.165) is 32.4 Å². The Labute approximate surface area is 108 Å². The molecule has 1 saturated heterocycles. The van der Waals surface area contributed by atoms with E-state index in [4.69, 9.17) is 0 Å². The maximum atomic E-state index is 12.8. The van der Waals surface area contributed by atoms with Crippen molar-refractivity contribution in [3.8, 4) is 0 Å². The molecule has 1 aliphatic rings. The number of benzene rings is 1. The monoisotopic (exact) mass is 249 g/mol. The third kappa shape index (κ3) is 2.71. The molecule has 1 fully saturated rings. The van der Waals surface area contributed by atoms with E-state index in [1.54, 1.807) is 12.1 Å². The summed E-state index contributed by atoms with van der Waals surface area (Å²) in [6.07, 6.45) is 3.26. The number of hydrogen-bond acceptors (Lipinski definition) is 1. The molecule has 0 N–H and O–H groups in total. The molecule has 0 unspecified atom stereocenters. The van der Waals surface area contributed by atoms with Gasteiger partial charge < -0.3 is 4.90 Å². The minimum Gasteiger partial charge on any atom is -0.339 e. The first-order chi connectivity index (χ1) is 8.54. The predicted octanol–water partition coefficient (Wildman–Crippen LogP) is 3.48. The maximum Gasteiger partial charge on any atom is 0.253 e. The summed E-state index contributed by atoms with van der Waals surface area (Å²) in [4.78, 5) is 14.1. The predicted molar refractivity (Wildman–Crippen MR) is 69.9 cm³/mol. The van der Waals surface area contributed by atoms with Crippen molar-refractivity contribution >= 4 is 5.91 Å². The molecule has 2 nitrogen and oxygen atoms in total. The quantitative estimate of drug-likeness (QED) is 0.785. The van der Waals surface area contributed by atoms with E-state index >= 15 is 0 Å². The number of halogens is 1. The second kappa shape index (κ2) is 5.09. The number of carbonyl (C=O) groups is 1. The number of likely N-dealkylation sites (tertiary alicyclic amines) is 1. The molecule has 0 saturated carbocycles. The van der Waals surface area contributed by atoms with Gasteiger partial charge in [-0.25, -0.2) is 4.39 Å². The molecule has 1 heterocycles. The van der Waals surface area contributed by atoms with Crippen molar-refractivity contribution in [2.75, 3.05) is 13.1 Å². The van der Waals surface area contributed by atoms with Gasteiger partial charge in [-0.3, -0.25) is 4.79 Å². The molecule has 0 bridgehead atoms. The van der Waals surface area contributed by atoms with Gasteiger partial charge in [0, 0.05) is 18.7 Å². The molecule has 18 heavy (non-hydrogen) atoms. The van der Waals surface area contributed by atoms with Gasteiger partial charge in [-0.05, 0) is 42.5 Å². The Morgan fingerprint density at radius 2 is 1.83 bits per heavy atom. The van der Waals surface area contributed by atoms with Crippen molar-refractivity contribution in [1.29, 1.82) is 0 Å². The lowest BCUT2D eigenvalue weighted by Gasteiger charge is -2.38. The summed E-state index contributed by atoms with van der Waals surface area (Å²) in [5, 5.41) is 0.